The second-order valence-corrected chi connectivity index (χ2v) is 5.58. The molecule has 0 fully saturated rings. The zero-order valence-corrected chi connectivity index (χ0v) is 13.4. The van der Waals surface area contributed by atoms with Gasteiger partial charge in [0.05, 0.1) is 12.6 Å². The Kier molecular flexibility index (Phi) is 5.80. The number of rotatable bonds is 6. The molecular weight excluding hydrogens is 326 g/mol. The first kappa shape index (κ1) is 17.1. The van der Waals surface area contributed by atoms with Crippen molar-refractivity contribution in [2.45, 2.75) is 26.3 Å². The minimum atomic E-state index is -2.70. The van der Waals surface area contributed by atoms with Crippen molar-refractivity contribution < 1.29 is 18.3 Å². The molecule has 0 spiro atoms. The number of benzene rings is 1. The maximum atomic E-state index is 12.4. The van der Waals surface area contributed by atoms with Crippen LogP contribution < -0.4 is 15.4 Å². The van der Waals surface area contributed by atoms with Gasteiger partial charge in [-0.1, -0.05) is 23.5 Å². The first-order valence-electron chi connectivity index (χ1n) is 6.91. The van der Waals surface area contributed by atoms with E-state index < -0.39 is 17.5 Å². The lowest BCUT2D eigenvalue weighted by Crippen LogP contribution is -2.31. The maximum absolute atomic E-state index is 12.4. The number of ether oxygens (including phenoxy) is 1. The molecule has 0 saturated heterocycles. The molecule has 2 N–H and O–H groups in total. The molecule has 0 unspecified atom stereocenters. The summed E-state index contributed by atoms with van der Waals surface area (Å²) in [5.74, 6) is 0.713. The van der Waals surface area contributed by atoms with Crippen molar-refractivity contribution >= 4 is 22.5 Å². The standard InChI is InChI=1S/C14H16F2N4O2S/c1-3-22-10-6-4-5-9(7-10)8(2)17-13(21)18-14-20-19-12(23-14)11(15)16/h4-8,11H,3H2,1-2H3,(H2,17,18,20,21)/t8-/m1/s1. The summed E-state index contributed by atoms with van der Waals surface area (Å²) in [5, 5.41) is 11.5. The van der Waals surface area contributed by atoms with Crippen molar-refractivity contribution in [3.05, 3.63) is 34.8 Å². The van der Waals surface area contributed by atoms with Gasteiger partial charge in [0, 0.05) is 0 Å². The quantitative estimate of drug-likeness (QED) is 0.838. The SMILES string of the molecule is CCOc1cccc([C@@H](C)NC(=O)Nc2nnc(C(F)F)s2)c1. The Morgan fingerprint density at radius 2 is 2.17 bits per heavy atom. The van der Waals surface area contributed by atoms with Gasteiger partial charge < -0.3 is 10.1 Å². The lowest BCUT2D eigenvalue weighted by molar-refractivity contribution is 0.150. The largest absolute Gasteiger partial charge is 0.494 e. The number of nitrogens with zero attached hydrogens (tertiary/aromatic N) is 2. The normalized spacial score (nSPS) is 12.0. The van der Waals surface area contributed by atoms with Gasteiger partial charge in [-0.25, -0.2) is 13.6 Å². The lowest BCUT2D eigenvalue weighted by Gasteiger charge is -2.15. The second kappa shape index (κ2) is 7.82. The summed E-state index contributed by atoms with van der Waals surface area (Å²) < 4.78 is 30.2. The van der Waals surface area contributed by atoms with E-state index in [0.29, 0.717) is 23.7 Å². The fraction of sp³-hybridized carbons (Fsp3) is 0.357. The van der Waals surface area contributed by atoms with Crippen LogP contribution in [0.1, 0.15) is 36.9 Å². The monoisotopic (exact) mass is 342 g/mol. The minimum absolute atomic E-state index is 0.0214. The summed E-state index contributed by atoms with van der Waals surface area (Å²) in [5.41, 5.74) is 0.858. The molecule has 1 heterocycles. The highest BCUT2D eigenvalue weighted by atomic mass is 32.1. The predicted octanol–water partition coefficient (Wildman–Crippen LogP) is 3.76. The number of carbonyl (C=O) groups is 1. The molecular formula is C14H16F2N4O2S. The zero-order chi connectivity index (χ0) is 16.8. The molecule has 1 aromatic carbocycles. The van der Waals surface area contributed by atoms with Crippen LogP contribution >= 0.6 is 11.3 Å². The summed E-state index contributed by atoms with van der Waals surface area (Å²) in [4.78, 5) is 11.9. The predicted molar refractivity (Wildman–Crippen MR) is 83.0 cm³/mol. The van der Waals surface area contributed by atoms with E-state index in [-0.39, 0.29) is 11.2 Å². The number of halogens is 2. The average molecular weight is 342 g/mol. The first-order valence-corrected chi connectivity index (χ1v) is 7.73. The Bertz CT molecular complexity index is 666. The van der Waals surface area contributed by atoms with E-state index in [1.807, 2.05) is 31.2 Å². The van der Waals surface area contributed by atoms with Gasteiger partial charge in [0.15, 0.2) is 5.01 Å². The Hall–Kier alpha value is -2.29. The first-order chi connectivity index (χ1) is 11.0. The molecule has 2 rings (SSSR count). The summed E-state index contributed by atoms with van der Waals surface area (Å²) in [7, 11) is 0. The van der Waals surface area contributed by atoms with Crippen molar-refractivity contribution in [3.8, 4) is 5.75 Å². The third-order valence-electron chi connectivity index (χ3n) is 2.86. The third-order valence-corrected chi connectivity index (χ3v) is 3.71. The van der Waals surface area contributed by atoms with Gasteiger partial charge in [-0.3, -0.25) is 5.32 Å². The molecule has 0 aliphatic heterocycles. The van der Waals surface area contributed by atoms with Gasteiger partial charge in [-0.15, -0.1) is 10.2 Å². The molecule has 0 radical (unpaired) electrons. The van der Waals surface area contributed by atoms with E-state index in [2.05, 4.69) is 20.8 Å². The summed E-state index contributed by atoms with van der Waals surface area (Å²) >= 11 is 0.637. The van der Waals surface area contributed by atoms with E-state index in [4.69, 9.17) is 4.74 Å². The van der Waals surface area contributed by atoms with E-state index >= 15 is 0 Å². The number of aromatic nitrogens is 2. The highest BCUT2D eigenvalue weighted by Crippen LogP contribution is 2.25. The molecule has 0 aliphatic carbocycles. The summed E-state index contributed by atoms with van der Waals surface area (Å²) in [6, 6.07) is 6.50. The molecule has 23 heavy (non-hydrogen) atoms. The van der Waals surface area contributed by atoms with Crippen LogP contribution in [0.15, 0.2) is 24.3 Å². The van der Waals surface area contributed by atoms with Crippen LogP contribution in [0.5, 0.6) is 5.75 Å². The molecule has 0 saturated carbocycles. The molecule has 2 amide bonds. The minimum Gasteiger partial charge on any atom is -0.494 e. The summed E-state index contributed by atoms with van der Waals surface area (Å²) in [6.07, 6.45) is -2.70. The molecule has 0 bridgehead atoms. The van der Waals surface area contributed by atoms with E-state index in [9.17, 15) is 13.6 Å². The molecule has 1 aromatic heterocycles. The molecule has 0 aliphatic rings. The van der Waals surface area contributed by atoms with E-state index in [1.165, 1.54) is 0 Å². The van der Waals surface area contributed by atoms with Crippen LogP contribution in [0.2, 0.25) is 0 Å². The number of amides is 2. The molecule has 124 valence electrons. The van der Waals surface area contributed by atoms with Crippen LogP contribution in [0.4, 0.5) is 18.7 Å². The Labute approximate surface area is 135 Å². The van der Waals surface area contributed by atoms with Crippen LogP contribution in [0, 0.1) is 0 Å². The highest BCUT2D eigenvalue weighted by molar-refractivity contribution is 7.15. The maximum Gasteiger partial charge on any atom is 0.321 e. The number of anilines is 1. The Morgan fingerprint density at radius 3 is 2.83 bits per heavy atom. The zero-order valence-electron chi connectivity index (χ0n) is 12.5. The van der Waals surface area contributed by atoms with Crippen LogP contribution in [0.3, 0.4) is 0 Å². The second-order valence-electron chi connectivity index (χ2n) is 4.57. The van der Waals surface area contributed by atoms with Crippen molar-refractivity contribution in [1.82, 2.24) is 15.5 Å². The Balaban J connectivity index is 1.94. The van der Waals surface area contributed by atoms with Crippen LogP contribution in [-0.2, 0) is 0 Å². The van der Waals surface area contributed by atoms with E-state index in [1.54, 1.807) is 6.92 Å². The Morgan fingerprint density at radius 1 is 1.39 bits per heavy atom. The van der Waals surface area contributed by atoms with Crippen molar-refractivity contribution in [2.24, 2.45) is 0 Å². The fourth-order valence-corrected chi connectivity index (χ4v) is 2.42. The van der Waals surface area contributed by atoms with Gasteiger partial charge >= 0.3 is 6.03 Å². The van der Waals surface area contributed by atoms with Gasteiger partial charge in [-0.2, -0.15) is 0 Å². The van der Waals surface area contributed by atoms with Gasteiger partial charge in [0.1, 0.15) is 5.75 Å². The van der Waals surface area contributed by atoms with Gasteiger partial charge in [0.25, 0.3) is 6.43 Å². The van der Waals surface area contributed by atoms with Crippen LogP contribution in [-0.4, -0.2) is 22.8 Å². The number of carbonyl (C=O) groups excluding carboxylic acids is 1. The highest BCUT2D eigenvalue weighted by Gasteiger charge is 2.16. The molecule has 2 aromatic rings. The van der Waals surface area contributed by atoms with Gasteiger partial charge in [-0.05, 0) is 31.5 Å². The average Bonchev–Trinajstić information content (AvgIpc) is 2.96. The number of hydrogen-bond donors (Lipinski definition) is 2. The lowest BCUT2D eigenvalue weighted by atomic mass is 10.1. The van der Waals surface area contributed by atoms with Crippen molar-refractivity contribution in [1.29, 1.82) is 0 Å². The number of nitrogens with one attached hydrogen (secondary N) is 2. The van der Waals surface area contributed by atoms with Gasteiger partial charge in [0.2, 0.25) is 5.13 Å². The smallest absolute Gasteiger partial charge is 0.321 e. The van der Waals surface area contributed by atoms with E-state index in [0.717, 1.165) is 5.56 Å². The third kappa shape index (κ3) is 4.85. The molecule has 6 nitrogen and oxygen atoms in total. The fourth-order valence-electron chi connectivity index (χ4n) is 1.83. The van der Waals surface area contributed by atoms with Crippen molar-refractivity contribution in [2.75, 3.05) is 11.9 Å². The molecule has 1 atom stereocenters. The summed E-state index contributed by atoms with van der Waals surface area (Å²) in [6.45, 7) is 4.24. The van der Waals surface area contributed by atoms with Crippen molar-refractivity contribution in [3.63, 3.8) is 0 Å². The topological polar surface area (TPSA) is 76.1 Å². The number of hydrogen-bond acceptors (Lipinski definition) is 5. The number of alkyl halides is 2. The molecule has 9 heteroatoms. The van der Waals surface area contributed by atoms with Crippen LogP contribution in [0.25, 0.3) is 0 Å². The number of urea groups is 1.